The summed E-state index contributed by atoms with van der Waals surface area (Å²) in [5.74, 6) is -0.544. The maximum atomic E-state index is 12.4. The zero-order chi connectivity index (χ0) is 15.1. The standard InChI is InChI=1S/C15H21NO3S/c1-5-8-16(10-14(17)19-7-3)15(18)13-9-12(6-2)11(4)20-13/h5,9H,1,6-8,10H2,2-4H3. The monoisotopic (exact) mass is 295 g/mol. The minimum absolute atomic E-state index is 0.0445. The fourth-order valence-corrected chi connectivity index (χ4v) is 2.95. The molecule has 0 saturated heterocycles. The molecule has 5 heteroatoms. The third kappa shape index (κ3) is 4.20. The van der Waals surface area contributed by atoms with E-state index in [9.17, 15) is 9.59 Å². The normalized spacial score (nSPS) is 10.2. The number of aryl methyl sites for hydroxylation is 2. The van der Waals surface area contributed by atoms with Crippen LogP contribution in [0.15, 0.2) is 18.7 Å². The van der Waals surface area contributed by atoms with Gasteiger partial charge in [0.25, 0.3) is 5.91 Å². The molecule has 0 atom stereocenters. The molecule has 110 valence electrons. The van der Waals surface area contributed by atoms with Crippen LogP contribution in [0.3, 0.4) is 0 Å². The maximum absolute atomic E-state index is 12.4. The van der Waals surface area contributed by atoms with E-state index in [1.807, 2.05) is 13.0 Å². The van der Waals surface area contributed by atoms with Gasteiger partial charge in [-0.05, 0) is 31.9 Å². The molecule has 0 N–H and O–H groups in total. The first-order valence-electron chi connectivity index (χ1n) is 6.68. The Labute approximate surface area is 124 Å². The van der Waals surface area contributed by atoms with E-state index in [0.29, 0.717) is 18.0 Å². The second-order valence-corrected chi connectivity index (χ2v) is 5.58. The summed E-state index contributed by atoms with van der Waals surface area (Å²) in [5, 5.41) is 0. The average molecular weight is 295 g/mol. The fourth-order valence-electron chi connectivity index (χ4n) is 1.87. The van der Waals surface area contributed by atoms with E-state index >= 15 is 0 Å². The van der Waals surface area contributed by atoms with Crippen molar-refractivity contribution in [1.29, 1.82) is 0 Å². The molecule has 0 spiro atoms. The number of thiophene rings is 1. The zero-order valence-electron chi connectivity index (χ0n) is 12.3. The highest BCUT2D eigenvalue weighted by Gasteiger charge is 2.20. The molecule has 20 heavy (non-hydrogen) atoms. The lowest BCUT2D eigenvalue weighted by Crippen LogP contribution is -2.36. The summed E-state index contributed by atoms with van der Waals surface area (Å²) in [4.78, 5) is 27.2. The first-order chi connectivity index (χ1) is 9.53. The molecule has 0 radical (unpaired) electrons. The van der Waals surface area contributed by atoms with Crippen molar-refractivity contribution in [3.05, 3.63) is 34.0 Å². The minimum atomic E-state index is -0.397. The van der Waals surface area contributed by atoms with Crippen LogP contribution in [0.4, 0.5) is 0 Å². The van der Waals surface area contributed by atoms with Crippen molar-refractivity contribution in [3.63, 3.8) is 0 Å². The quantitative estimate of drug-likeness (QED) is 0.574. The van der Waals surface area contributed by atoms with Gasteiger partial charge in [0.1, 0.15) is 6.54 Å². The minimum Gasteiger partial charge on any atom is -0.465 e. The number of amides is 1. The molecule has 1 heterocycles. The van der Waals surface area contributed by atoms with Gasteiger partial charge in [-0.2, -0.15) is 0 Å². The van der Waals surface area contributed by atoms with Crippen LogP contribution < -0.4 is 0 Å². The van der Waals surface area contributed by atoms with Crippen molar-refractivity contribution in [2.75, 3.05) is 19.7 Å². The van der Waals surface area contributed by atoms with E-state index in [4.69, 9.17) is 4.74 Å². The highest BCUT2D eigenvalue weighted by Crippen LogP contribution is 2.23. The van der Waals surface area contributed by atoms with Gasteiger partial charge in [0.05, 0.1) is 11.5 Å². The van der Waals surface area contributed by atoms with Gasteiger partial charge in [0.15, 0.2) is 0 Å². The average Bonchev–Trinajstić information content (AvgIpc) is 2.79. The van der Waals surface area contributed by atoms with E-state index in [1.165, 1.54) is 21.8 Å². The van der Waals surface area contributed by atoms with Gasteiger partial charge in [-0.3, -0.25) is 9.59 Å². The van der Waals surface area contributed by atoms with Crippen molar-refractivity contribution < 1.29 is 14.3 Å². The molecule has 0 unspecified atom stereocenters. The maximum Gasteiger partial charge on any atom is 0.325 e. The van der Waals surface area contributed by atoms with Gasteiger partial charge < -0.3 is 9.64 Å². The Bertz CT molecular complexity index is 493. The van der Waals surface area contributed by atoms with E-state index < -0.39 is 5.97 Å². The van der Waals surface area contributed by atoms with Crippen LogP contribution in [0.25, 0.3) is 0 Å². The molecule has 0 aromatic carbocycles. The highest BCUT2D eigenvalue weighted by atomic mass is 32.1. The second kappa shape index (κ2) is 7.85. The first kappa shape index (κ1) is 16.4. The molecule has 1 aromatic heterocycles. The zero-order valence-corrected chi connectivity index (χ0v) is 13.1. The second-order valence-electron chi connectivity index (χ2n) is 4.32. The van der Waals surface area contributed by atoms with E-state index in [1.54, 1.807) is 13.0 Å². The molecule has 1 rings (SSSR count). The smallest absolute Gasteiger partial charge is 0.325 e. The summed E-state index contributed by atoms with van der Waals surface area (Å²) in [7, 11) is 0. The molecule has 1 aromatic rings. The van der Waals surface area contributed by atoms with Crippen molar-refractivity contribution in [3.8, 4) is 0 Å². The summed E-state index contributed by atoms with van der Waals surface area (Å²) < 4.78 is 4.89. The number of ether oxygens (including phenoxy) is 1. The Morgan fingerprint density at radius 1 is 1.45 bits per heavy atom. The van der Waals surface area contributed by atoms with Crippen molar-refractivity contribution >= 4 is 23.2 Å². The Morgan fingerprint density at radius 2 is 2.15 bits per heavy atom. The molecule has 0 aliphatic rings. The predicted octanol–water partition coefficient (Wildman–Crippen LogP) is 2.81. The van der Waals surface area contributed by atoms with Crippen LogP contribution in [0, 0.1) is 6.92 Å². The van der Waals surface area contributed by atoms with Gasteiger partial charge in [0.2, 0.25) is 0 Å². The lowest BCUT2D eigenvalue weighted by atomic mass is 10.2. The van der Waals surface area contributed by atoms with Gasteiger partial charge in [-0.25, -0.2) is 0 Å². The molecule has 0 fully saturated rings. The Hall–Kier alpha value is -1.62. The van der Waals surface area contributed by atoms with Crippen LogP contribution in [0.1, 0.15) is 34.0 Å². The summed E-state index contributed by atoms with van der Waals surface area (Å²) in [6.07, 6.45) is 2.51. The van der Waals surface area contributed by atoms with Gasteiger partial charge in [0, 0.05) is 11.4 Å². The topological polar surface area (TPSA) is 46.6 Å². The van der Waals surface area contributed by atoms with Crippen LogP contribution in [-0.4, -0.2) is 36.5 Å². The Kier molecular flexibility index (Phi) is 6.45. The fraction of sp³-hybridized carbons (Fsp3) is 0.467. The van der Waals surface area contributed by atoms with Crippen LogP contribution in [-0.2, 0) is 16.0 Å². The number of rotatable bonds is 7. The van der Waals surface area contributed by atoms with Crippen LogP contribution in [0.5, 0.6) is 0 Å². The number of nitrogens with zero attached hydrogens (tertiary/aromatic N) is 1. The Balaban J connectivity index is 2.86. The largest absolute Gasteiger partial charge is 0.465 e. The number of carbonyl (C=O) groups excluding carboxylic acids is 2. The molecular weight excluding hydrogens is 274 g/mol. The third-order valence-corrected chi connectivity index (χ3v) is 3.96. The molecule has 0 saturated carbocycles. The van der Waals surface area contributed by atoms with Gasteiger partial charge in [-0.15, -0.1) is 17.9 Å². The number of esters is 1. The molecule has 0 bridgehead atoms. The van der Waals surface area contributed by atoms with Crippen molar-refractivity contribution in [1.82, 2.24) is 4.90 Å². The summed E-state index contributed by atoms with van der Waals surface area (Å²) in [6.45, 7) is 10.0. The first-order valence-corrected chi connectivity index (χ1v) is 7.50. The van der Waals surface area contributed by atoms with Gasteiger partial charge in [-0.1, -0.05) is 13.0 Å². The number of hydrogen-bond donors (Lipinski definition) is 0. The third-order valence-electron chi connectivity index (χ3n) is 2.87. The Morgan fingerprint density at radius 3 is 2.65 bits per heavy atom. The predicted molar refractivity (Wildman–Crippen MR) is 81.2 cm³/mol. The van der Waals surface area contributed by atoms with E-state index in [-0.39, 0.29) is 12.5 Å². The van der Waals surface area contributed by atoms with E-state index in [0.717, 1.165) is 11.3 Å². The lowest BCUT2D eigenvalue weighted by molar-refractivity contribution is -0.143. The molecule has 1 amide bonds. The highest BCUT2D eigenvalue weighted by molar-refractivity contribution is 7.14. The van der Waals surface area contributed by atoms with Crippen molar-refractivity contribution in [2.24, 2.45) is 0 Å². The number of carbonyl (C=O) groups is 2. The summed E-state index contributed by atoms with van der Waals surface area (Å²) in [6, 6.07) is 1.91. The molecule has 4 nitrogen and oxygen atoms in total. The molecule has 0 aliphatic carbocycles. The number of hydrogen-bond acceptors (Lipinski definition) is 4. The van der Waals surface area contributed by atoms with E-state index in [2.05, 4.69) is 13.5 Å². The molecule has 0 aliphatic heterocycles. The summed E-state index contributed by atoms with van der Waals surface area (Å²) >= 11 is 1.46. The van der Waals surface area contributed by atoms with Crippen LogP contribution in [0.2, 0.25) is 0 Å². The summed E-state index contributed by atoms with van der Waals surface area (Å²) in [5.41, 5.74) is 1.17. The molecular formula is C15H21NO3S. The van der Waals surface area contributed by atoms with Gasteiger partial charge >= 0.3 is 5.97 Å². The van der Waals surface area contributed by atoms with Crippen molar-refractivity contribution in [2.45, 2.75) is 27.2 Å². The SMILES string of the molecule is C=CCN(CC(=O)OCC)C(=O)c1cc(CC)c(C)s1. The van der Waals surface area contributed by atoms with Crippen LogP contribution >= 0.6 is 11.3 Å². The lowest BCUT2D eigenvalue weighted by Gasteiger charge is -2.19.